The van der Waals surface area contributed by atoms with Crippen LogP contribution in [-0.2, 0) is 5.88 Å². The standard InChI is InChI=1S/C10H5Cl2NO5S/c11-2-3-1-4(13(17)18)8-5(7(3)14)6(12)9(19-8)10(15)16/h1,14H,2H2,(H,15,16). The monoisotopic (exact) mass is 321 g/mol. The van der Waals surface area contributed by atoms with E-state index in [0.717, 1.165) is 6.07 Å². The number of aromatic carboxylic acids is 1. The van der Waals surface area contributed by atoms with Crippen LogP contribution in [0.3, 0.4) is 0 Å². The predicted octanol–water partition coefficient (Wildman–Crippen LogP) is 3.61. The molecule has 2 rings (SSSR count). The second-order valence-corrected chi connectivity index (χ2v) is 5.21. The smallest absolute Gasteiger partial charge is 0.347 e. The summed E-state index contributed by atoms with van der Waals surface area (Å²) in [6, 6.07) is 1.11. The number of phenols is 1. The number of carbonyl (C=O) groups is 1. The fourth-order valence-electron chi connectivity index (χ4n) is 1.64. The molecule has 6 nitrogen and oxygen atoms in total. The maximum absolute atomic E-state index is 11.0. The molecule has 100 valence electrons. The van der Waals surface area contributed by atoms with E-state index in [1.807, 2.05) is 0 Å². The summed E-state index contributed by atoms with van der Waals surface area (Å²) in [4.78, 5) is 21.0. The van der Waals surface area contributed by atoms with Gasteiger partial charge in [-0.05, 0) is 0 Å². The maximum Gasteiger partial charge on any atom is 0.347 e. The lowest BCUT2D eigenvalue weighted by Crippen LogP contribution is -1.92. The molecule has 1 aromatic heterocycles. The van der Waals surface area contributed by atoms with Crippen LogP contribution in [-0.4, -0.2) is 21.1 Å². The van der Waals surface area contributed by atoms with Crippen molar-refractivity contribution in [2.75, 3.05) is 0 Å². The van der Waals surface area contributed by atoms with Crippen molar-refractivity contribution >= 4 is 56.3 Å². The van der Waals surface area contributed by atoms with Gasteiger partial charge in [0.05, 0.1) is 21.2 Å². The van der Waals surface area contributed by atoms with Crippen molar-refractivity contribution in [2.45, 2.75) is 5.88 Å². The molecule has 0 amide bonds. The summed E-state index contributed by atoms with van der Waals surface area (Å²) in [5, 5.41) is 29.6. The Morgan fingerprint density at radius 2 is 2.16 bits per heavy atom. The second-order valence-electron chi connectivity index (χ2n) is 3.55. The van der Waals surface area contributed by atoms with Crippen LogP contribution in [0.2, 0.25) is 5.02 Å². The van der Waals surface area contributed by atoms with E-state index in [1.165, 1.54) is 0 Å². The lowest BCUT2D eigenvalue weighted by molar-refractivity contribution is -0.382. The van der Waals surface area contributed by atoms with E-state index in [9.17, 15) is 20.0 Å². The van der Waals surface area contributed by atoms with Crippen molar-refractivity contribution in [1.29, 1.82) is 0 Å². The van der Waals surface area contributed by atoms with Crippen LogP contribution >= 0.6 is 34.5 Å². The molecule has 9 heteroatoms. The molecule has 0 atom stereocenters. The van der Waals surface area contributed by atoms with E-state index in [0.29, 0.717) is 11.3 Å². The van der Waals surface area contributed by atoms with E-state index in [1.54, 1.807) is 0 Å². The van der Waals surface area contributed by atoms with E-state index in [2.05, 4.69) is 0 Å². The number of phenolic OH excluding ortho intramolecular Hbond substituents is 1. The molecular formula is C10H5Cl2NO5S. The Morgan fingerprint density at radius 1 is 1.53 bits per heavy atom. The molecule has 19 heavy (non-hydrogen) atoms. The predicted molar refractivity (Wildman–Crippen MR) is 71.7 cm³/mol. The number of nitro benzene ring substituents is 1. The Bertz CT molecular complexity index is 712. The van der Waals surface area contributed by atoms with Crippen LogP contribution in [0.4, 0.5) is 5.69 Å². The van der Waals surface area contributed by atoms with Gasteiger partial charge in [-0.25, -0.2) is 4.79 Å². The molecule has 0 fully saturated rings. The van der Waals surface area contributed by atoms with Crippen LogP contribution in [0, 0.1) is 10.1 Å². The number of fused-ring (bicyclic) bond motifs is 1. The maximum atomic E-state index is 11.0. The molecule has 0 aliphatic carbocycles. The number of carboxylic acids is 1. The largest absolute Gasteiger partial charge is 0.507 e. The average molecular weight is 322 g/mol. The van der Waals surface area contributed by atoms with E-state index < -0.39 is 10.9 Å². The number of halogens is 2. The van der Waals surface area contributed by atoms with Crippen LogP contribution < -0.4 is 0 Å². The third kappa shape index (κ3) is 2.09. The summed E-state index contributed by atoms with van der Waals surface area (Å²) in [6.07, 6.45) is 0. The van der Waals surface area contributed by atoms with Crippen molar-refractivity contribution in [3.05, 3.63) is 31.6 Å². The highest BCUT2D eigenvalue weighted by atomic mass is 35.5. The fourth-order valence-corrected chi connectivity index (χ4v) is 3.30. The minimum Gasteiger partial charge on any atom is -0.507 e. The molecule has 0 aliphatic heterocycles. The molecule has 2 aromatic rings. The summed E-state index contributed by atoms with van der Waals surface area (Å²) in [5.41, 5.74) is -0.208. The van der Waals surface area contributed by atoms with Gasteiger partial charge in [-0.1, -0.05) is 11.6 Å². The van der Waals surface area contributed by atoms with Gasteiger partial charge in [0, 0.05) is 11.6 Å². The zero-order valence-corrected chi connectivity index (χ0v) is 11.3. The first-order valence-corrected chi connectivity index (χ1v) is 6.51. The van der Waals surface area contributed by atoms with Gasteiger partial charge in [-0.2, -0.15) is 0 Å². The van der Waals surface area contributed by atoms with Crippen LogP contribution in [0.25, 0.3) is 10.1 Å². The number of nitrogens with zero attached hydrogens (tertiary/aromatic N) is 1. The second kappa shape index (κ2) is 4.84. The van der Waals surface area contributed by atoms with Gasteiger partial charge >= 0.3 is 5.97 Å². The van der Waals surface area contributed by atoms with E-state index in [-0.39, 0.29) is 42.9 Å². The fraction of sp³-hybridized carbons (Fsp3) is 0.100. The van der Waals surface area contributed by atoms with Crippen molar-refractivity contribution in [3.8, 4) is 5.75 Å². The molecule has 1 aromatic carbocycles. The number of hydrogen-bond donors (Lipinski definition) is 2. The molecule has 0 saturated carbocycles. The Kier molecular flexibility index (Phi) is 3.53. The lowest BCUT2D eigenvalue weighted by atomic mass is 10.1. The highest BCUT2D eigenvalue weighted by Gasteiger charge is 2.27. The van der Waals surface area contributed by atoms with Crippen LogP contribution in [0.15, 0.2) is 6.07 Å². The number of hydrogen-bond acceptors (Lipinski definition) is 5. The van der Waals surface area contributed by atoms with Crippen molar-refractivity contribution in [1.82, 2.24) is 0 Å². The number of rotatable bonds is 3. The van der Waals surface area contributed by atoms with Crippen LogP contribution in [0.1, 0.15) is 15.2 Å². The Morgan fingerprint density at radius 3 is 2.63 bits per heavy atom. The molecule has 0 bridgehead atoms. The summed E-state index contributed by atoms with van der Waals surface area (Å²) in [6.45, 7) is 0. The van der Waals surface area contributed by atoms with Gasteiger partial charge in [-0.15, -0.1) is 22.9 Å². The topological polar surface area (TPSA) is 101 Å². The molecule has 0 spiro atoms. The van der Waals surface area contributed by atoms with E-state index >= 15 is 0 Å². The highest BCUT2D eigenvalue weighted by molar-refractivity contribution is 7.22. The number of non-ortho nitro benzene ring substituents is 1. The molecule has 0 aliphatic rings. The number of nitro groups is 1. The molecule has 1 heterocycles. The van der Waals surface area contributed by atoms with Gasteiger partial charge in [0.2, 0.25) is 0 Å². The summed E-state index contributed by atoms with van der Waals surface area (Å²) in [5.74, 6) is -1.80. The normalized spacial score (nSPS) is 10.8. The number of aromatic hydroxyl groups is 1. The van der Waals surface area contributed by atoms with Crippen LogP contribution in [0.5, 0.6) is 5.75 Å². The average Bonchev–Trinajstić information content (AvgIpc) is 2.68. The Labute approximate surface area is 119 Å². The third-order valence-electron chi connectivity index (χ3n) is 2.47. The first-order valence-electron chi connectivity index (χ1n) is 4.79. The molecule has 0 unspecified atom stereocenters. The van der Waals surface area contributed by atoms with Gasteiger partial charge < -0.3 is 10.2 Å². The number of alkyl halides is 1. The molecule has 0 saturated heterocycles. The minimum absolute atomic E-state index is 0.0127. The summed E-state index contributed by atoms with van der Waals surface area (Å²) < 4.78 is 0.0127. The first-order chi connectivity index (χ1) is 8.88. The van der Waals surface area contributed by atoms with E-state index in [4.69, 9.17) is 28.3 Å². The zero-order chi connectivity index (χ0) is 14.3. The minimum atomic E-state index is -1.31. The Balaban J connectivity index is 2.98. The molecular weight excluding hydrogens is 317 g/mol. The number of thiophene rings is 1. The first kappa shape index (κ1) is 13.9. The number of benzene rings is 1. The summed E-state index contributed by atoms with van der Waals surface area (Å²) >= 11 is 12.1. The van der Waals surface area contributed by atoms with Gasteiger partial charge in [0.1, 0.15) is 15.3 Å². The van der Waals surface area contributed by atoms with Crippen molar-refractivity contribution in [3.63, 3.8) is 0 Å². The molecule has 2 N–H and O–H groups in total. The van der Waals surface area contributed by atoms with Crippen molar-refractivity contribution < 1.29 is 19.9 Å². The Hall–Kier alpha value is -1.57. The lowest BCUT2D eigenvalue weighted by Gasteiger charge is -2.03. The van der Waals surface area contributed by atoms with Gasteiger partial charge in [-0.3, -0.25) is 10.1 Å². The highest BCUT2D eigenvalue weighted by Crippen LogP contribution is 2.46. The SMILES string of the molecule is O=C(O)c1sc2c([N+](=O)[O-])cc(CCl)c(O)c2c1Cl. The zero-order valence-electron chi connectivity index (χ0n) is 9.02. The number of carboxylic acid groups (broad SMARTS) is 1. The quantitative estimate of drug-likeness (QED) is 0.511. The third-order valence-corrected chi connectivity index (χ3v) is 4.45. The summed E-state index contributed by atoms with van der Waals surface area (Å²) in [7, 11) is 0. The van der Waals surface area contributed by atoms with Crippen molar-refractivity contribution in [2.24, 2.45) is 0 Å². The molecule has 0 radical (unpaired) electrons. The van der Waals surface area contributed by atoms with Gasteiger partial charge in [0.15, 0.2) is 0 Å². The van der Waals surface area contributed by atoms with Gasteiger partial charge in [0.25, 0.3) is 5.69 Å².